The van der Waals surface area contributed by atoms with Crippen molar-refractivity contribution in [2.75, 3.05) is 9.80 Å². The number of imide groups is 1. The van der Waals surface area contributed by atoms with E-state index in [-0.39, 0.29) is 28.6 Å². The number of hydrogen-bond donors (Lipinski definition) is 1. The fraction of sp³-hybridized carbons (Fsp3) is 0.375. The highest BCUT2D eigenvalue weighted by molar-refractivity contribution is 6.28. The van der Waals surface area contributed by atoms with Gasteiger partial charge in [0.25, 0.3) is 17.7 Å². The summed E-state index contributed by atoms with van der Waals surface area (Å²) in [5.41, 5.74) is 9.66. The maximum Gasteiger partial charge on any atom is 0.258 e. The second kappa shape index (κ2) is 12.5. The van der Waals surface area contributed by atoms with Crippen LogP contribution in [-0.4, -0.2) is 29.1 Å². The Kier molecular flexibility index (Phi) is 8.98. The zero-order valence-electron chi connectivity index (χ0n) is 28.4. The number of aliphatic hydroxyl groups is 1. The van der Waals surface area contributed by atoms with Crippen molar-refractivity contribution in [3.05, 3.63) is 117 Å². The smallest absolute Gasteiger partial charge is 0.258 e. The number of benzene rings is 3. The number of nitrogens with zero attached hydrogens (tertiary/aromatic N) is 2. The van der Waals surface area contributed by atoms with Gasteiger partial charge in [0, 0.05) is 29.1 Å². The lowest BCUT2D eigenvalue weighted by molar-refractivity contribution is -0.120. The number of carbonyl (C=O) groups excluding carboxylic acids is 3. The molecule has 240 valence electrons. The summed E-state index contributed by atoms with van der Waals surface area (Å²) >= 11 is 0. The fourth-order valence-corrected chi connectivity index (χ4v) is 6.88. The van der Waals surface area contributed by atoms with E-state index in [0.29, 0.717) is 12.8 Å². The molecule has 1 atom stereocenters. The van der Waals surface area contributed by atoms with E-state index in [4.69, 9.17) is 0 Å². The minimum absolute atomic E-state index is 0.191. The van der Waals surface area contributed by atoms with Crippen molar-refractivity contribution in [3.63, 3.8) is 0 Å². The number of rotatable bonds is 10. The van der Waals surface area contributed by atoms with Crippen molar-refractivity contribution >= 4 is 29.1 Å². The van der Waals surface area contributed by atoms with Crippen molar-refractivity contribution in [3.8, 4) is 0 Å². The Morgan fingerprint density at radius 2 is 0.935 bits per heavy atom. The second-order valence-corrected chi connectivity index (χ2v) is 13.4. The molecule has 3 amide bonds. The molecule has 0 saturated heterocycles. The molecule has 3 aromatic carbocycles. The summed E-state index contributed by atoms with van der Waals surface area (Å²) in [6.45, 7) is 17.2. The van der Waals surface area contributed by atoms with Crippen molar-refractivity contribution in [1.29, 1.82) is 0 Å². The molecule has 2 aliphatic rings. The molecule has 0 saturated carbocycles. The molecule has 0 radical (unpaired) electrons. The first-order valence-electron chi connectivity index (χ1n) is 16.5. The standard InChI is InChI=1S/C40H46N2O4/c1-9-25-21-31(22-26(10-2)37(25)41-33(43)17-18-34(41)44)39(5,6)29-13-15-30(16-14-29)40(7,8)32-23-27(11-3)38(28(12-4)24-32)42-35(45)19-20-36(42)46/h13-24,33,43H,9-12H2,1-8H3. The zero-order valence-corrected chi connectivity index (χ0v) is 28.4. The van der Waals surface area contributed by atoms with Gasteiger partial charge >= 0.3 is 0 Å². The van der Waals surface area contributed by atoms with Crippen molar-refractivity contribution in [2.24, 2.45) is 0 Å². The van der Waals surface area contributed by atoms with Crippen LogP contribution in [0.1, 0.15) is 99.9 Å². The number of hydrogen-bond acceptors (Lipinski definition) is 4. The van der Waals surface area contributed by atoms with Crippen LogP contribution in [0.2, 0.25) is 0 Å². The van der Waals surface area contributed by atoms with Crippen LogP contribution in [0.5, 0.6) is 0 Å². The summed E-state index contributed by atoms with van der Waals surface area (Å²) in [5, 5.41) is 10.6. The molecule has 6 heteroatoms. The average molecular weight is 619 g/mol. The van der Waals surface area contributed by atoms with Crippen molar-refractivity contribution in [1.82, 2.24) is 0 Å². The Hall–Kier alpha value is -4.29. The van der Waals surface area contributed by atoms with Crippen molar-refractivity contribution < 1.29 is 19.5 Å². The summed E-state index contributed by atoms with van der Waals surface area (Å²) in [7, 11) is 0. The van der Waals surface area contributed by atoms with Crippen LogP contribution in [0.4, 0.5) is 11.4 Å². The van der Waals surface area contributed by atoms with E-state index in [0.717, 1.165) is 52.0 Å². The molecule has 0 bridgehead atoms. The van der Waals surface area contributed by atoms with Gasteiger partial charge in [0.1, 0.15) is 0 Å². The van der Waals surface area contributed by atoms with Gasteiger partial charge in [-0.3, -0.25) is 19.3 Å². The molecule has 3 aromatic rings. The molecule has 0 aliphatic carbocycles. The molecule has 2 aliphatic heterocycles. The minimum Gasteiger partial charge on any atom is -0.369 e. The number of anilines is 2. The van der Waals surface area contributed by atoms with Gasteiger partial charge in [-0.2, -0.15) is 0 Å². The van der Waals surface area contributed by atoms with Crippen LogP contribution < -0.4 is 9.80 Å². The average Bonchev–Trinajstić information content (AvgIpc) is 3.57. The van der Waals surface area contributed by atoms with E-state index >= 15 is 0 Å². The van der Waals surface area contributed by atoms with E-state index in [9.17, 15) is 19.5 Å². The van der Waals surface area contributed by atoms with Gasteiger partial charge in [0.05, 0.1) is 11.4 Å². The van der Waals surface area contributed by atoms with Gasteiger partial charge in [-0.15, -0.1) is 0 Å². The third-order valence-electron chi connectivity index (χ3n) is 10.0. The topological polar surface area (TPSA) is 77.9 Å². The molecule has 2 heterocycles. The molecule has 0 fully saturated rings. The Labute approximate surface area is 273 Å². The Morgan fingerprint density at radius 3 is 1.26 bits per heavy atom. The van der Waals surface area contributed by atoms with Crippen LogP contribution in [0.3, 0.4) is 0 Å². The number of carbonyl (C=O) groups is 3. The predicted molar refractivity (Wildman–Crippen MR) is 185 cm³/mol. The molecule has 1 unspecified atom stereocenters. The van der Waals surface area contributed by atoms with Gasteiger partial charge in [0.2, 0.25) is 0 Å². The molecule has 46 heavy (non-hydrogen) atoms. The maximum atomic E-state index is 12.7. The highest BCUT2D eigenvalue weighted by Gasteiger charge is 2.34. The lowest BCUT2D eigenvalue weighted by Gasteiger charge is -2.33. The van der Waals surface area contributed by atoms with Crippen LogP contribution in [0.25, 0.3) is 0 Å². The first-order chi connectivity index (χ1) is 21.8. The summed E-state index contributed by atoms with van der Waals surface area (Å²) in [5.74, 6) is -0.764. The van der Waals surface area contributed by atoms with Crippen LogP contribution in [0, 0.1) is 0 Å². The van der Waals surface area contributed by atoms with E-state index in [2.05, 4.69) is 104 Å². The van der Waals surface area contributed by atoms with Gasteiger partial charge < -0.3 is 5.11 Å². The summed E-state index contributed by atoms with van der Waals surface area (Å²) in [6, 6.07) is 17.5. The summed E-state index contributed by atoms with van der Waals surface area (Å²) in [4.78, 5) is 40.7. The molecular formula is C40H46N2O4. The van der Waals surface area contributed by atoms with E-state index in [1.807, 2.05) is 0 Å². The van der Waals surface area contributed by atoms with E-state index in [1.165, 1.54) is 50.8 Å². The lowest BCUT2D eigenvalue weighted by Crippen LogP contribution is -2.35. The Morgan fingerprint density at radius 1 is 0.565 bits per heavy atom. The van der Waals surface area contributed by atoms with Gasteiger partial charge in [0.15, 0.2) is 6.23 Å². The van der Waals surface area contributed by atoms with Crippen LogP contribution in [0.15, 0.2) is 72.8 Å². The third-order valence-corrected chi connectivity index (χ3v) is 10.0. The number of aliphatic hydroxyl groups excluding tert-OH is 1. The third kappa shape index (κ3) is 5.53. The van der Waals surface area contributed by atoms with Crippen LogP contribution >= 0.6 is 0 Å². The Bertz CT molecular complexity index is 1690. The number of amides is 3. The quantitative estimate of drug-likeness (QED) is 0.243. The number of aryl methyl sites for hydroxylation is 4. The monoisotopic (exact) mass is 618 g/mol. The second-order valence-electron chi connectivity index (χ2n) is 13.4. The van der Waals surface area contributed by atoms with Gasteiger partial charge in [-0.25, -0.2) is 4.90 Å². The largest absolute Gasteiger partial charge is 0.369 e. The molecule has 1 N–H and O–H groups in total. The van der Waals surface area contributed by atoms with Crippen LogP contribution in [-0.2, 0) is 50.9 Å². The highest BCUT2D eigenvalue weighted by atomic mass is 16.3. The minimum atomic E-state index is -0.946. The van der Waals surface area contributed by atoms with Gasteiger partial charge in [-0.1, -0.05) is 104 Å². The van der Waals surface area contributed by atoms with E-state index in [1.54, 1.807) is 0 Å². The first-order valence-corrected chi connectivity index (χ1v) is 16.5. The predicted octanol–water partition coefficient (Wildman–Crippen LogP) is 7.24. The normalized spacial score (nSPS) is 16.8. The van der Waals surface area contributed by atoms with Crippen molar-refractivity contribution in [2.45, 2.75) is 98.1 Å². The molecular weight excluding hydrogens is 572 g/mol. The maximum absolute atomic E-state index is 12.7. The van der Waals surface area contributed by atoms with Gasteiger partial charge in [-0.05, 0) is 76.3 Å². The SMILES string of the molecule is CCc1cc(C(C)(C)c2ccc(C(C)(C)c3cc(CC)c(N4C(=O)C=CC4O)c(CC)c3)cc2)cc(CC)c1N1C(=O)C=CC1=O. The molecule has 0 aromatic heterocycles. The first kappa shape index (κ1) is 33.1. The zero-order chi connectivity index (χ0) is 33.6. The molecule has 0 spiro atoms. The Balaban J connectivity index is 1.50. The highest BCUT2D eigenvalue weighted by Crippen LogP contribution is 2.41. The molecule has 5 rings (SSSR count). The van der Waals surface area contributed by atoms with E-state index < -0.39 is 6.23 Å². The summed E-state index contributed by atoms with van der Waals surface area (Å²) in [6.07, 6.45) is 7.62. The summed E-state index contributed by atoms with van der Waals surface area (Å²) < 4.78 is 0. The fourth-order valence-electron chi connectivity index (χ4n) is 6.88. The molecule has 6 nitrogen and oxygen atoms in total. The lowest BCUT2D eigenvalue weighted by atomic mass is 9.73.